The number of nitrogens with two attached hydrogens (primary N) is 1. The first-order valence-electron chi connectivity index (χ1n) is 10.8. The van der Waals surface area contributed by atoms with Crippen LogP contribution in [0.4, 0.5) is 11.6 Å². The van der Waals surface area contributed by atoms with Crippen molar-refractivity contribution in [1.82, 2.24) is 9.97 Å². The van der Waals surface area contributed by atoms with Gasteiger partial charge in [-0.05, 0) is 67.8 Å². The molecule has 8 nitrogen and oxygen atoms in total. The molecule has 2 aromatic heterocycles. The average Bonchev–Trinajstić information content (AvgIpc) is 2.77. The van der Waals surface area contributed by atoms with E-state index in [4.69, 9.17) is 10.7 Å². The Hall–Kier alpha value is -3.39. The van der Waals surface area contributed by atoms with E-state index in [1.165, 1.54) is 0 Å². The average molecular weight is 436 g/mol. The summed E-state index contributed by atoms with van der Waals surface area (Å²) in [4.78, 5) is 33.5. The number of aromatic nitrogens is 2. The number of nitrogens with zero attached hydrogens (tertiary/aromatic N) is 2. The minimum absolute atomic E-state index is 0.200. The molecule has 1 aromatic carbocycles. The first-order valence-corrected chi connectivity index (χ1v) is 10.8. The van der Waals surface area contributed by atoms with Crippen molar-refractivity contribution in [1.29, 1.82) is 0 Å². The molecule has 0 saturated carbocycles. The van der Waals surface area contributed by atoms with Crippen molar-refractivity contribution in [2.24, 2.45) is 11.7 Å². The van der Waals surface area contributed by atoms with Gasteiger partial charge in [0.05, 0.1) is 11.0 Å². The van der Waals surface area contributed by atoms with Gasteiger partial charge >= 0.3 is 0 Å². The van der Waals surface area contributed by atoms with E-state index in [1.54, 1.807) is 18.3 Å². The normalized spacial score (nSPS) is 15.2. The van der Waals surface area contributed by atoms with Crippen LogP contribution in [0.25, 0.3) is 10.8 Å². The number of aromatic amines is 1. The number of piperidine rings is 1. The van der Waals surface area contributed by atoms with Crippen molar-refractivity contribution >= 4 is 28.3 Å². The zero-order valence-corrected chi connectivity index (χ0v) is 18.4. The van der Waals surface area contributed by atoms with Crippen LogP contribution in [0.5, 0.6) is 0 Å². The number of primary amides is 1. The van der Waals surface area contributed by atoms with Gasteiger partial charge in [-0.15, -0.1) is 0 Å². The highest BCUT2D eigenvalue weighted by Crippen LogP contribution is 2.31. The lowest BCUT2D eigenvalue weighted by atomic mass is 9.83. The van der Waals surface area contributed by atoms with Crippen LogP contribution in [0.2, 0.25) is 0 Å². The van der Waals surface area contributed by atoms with Gasteiger partial charge in [0.1, 0.15) is 11.6 Å². The molecule has 0 atom stereocenters. The van der Waals surface area contributed by atoms with Crippen molar-refractivity contribution in [2.45, 2.75) is 38.8 Å². The predicted octanol–water partition coefficient (Wildman–Crippen LogP) is 2.62. The summed E-state index contributed by atoms with van der Waals surface area (Å²) < 4.78 is 0. The molecule has 3 heterocycles. The Bertz CT molecular complexity index is 1170. The Morgan fingerprint density at radius 3 is 2.56 bits per heavy atom. The van der Waals surface area contributed by atoms with Gasteiger partial charge in [-0.2, -0.15) is 0 Å². The van der Waals surface area contributed by atoms with Crippen LogP contribution in [-0.2, 0) is 6.54 Å². The third-order valence-electron chi connectivity index (χ3n) is 6.26. The molecule has 5 N–H and O–H groups in total. The minimum Gasteiger partial charge on any atom is -0.390 e. The summed E-state index contributed by atoms with van der Waals surface area (Å²) in [7, 11) is 0. The lowest BCUT2D eigenvalue weighted by Crippen LogP contribution is -2.42. The number of benzene rings is 1. The highest BCUT2D eigenvalue weighted by molar-refractivity contribution is 5.93. The van der Waals surface area contributed by atoms with Crippen LogP contribution in [0, 0.1) is 5.92 Å². The van der Waals surface area contributed by atoms with Gasteiger partial charge in [0.25, 0.3) is 5.56 Å². The van der Waals surface area contributed by atoms with Crippen molar-refractivity contribution in [3.05, 3.63) is 64.1 Å². The molecule has 1 fully saturated rings. The van der Waals surface area contributed by atoms with E-state index in [0.29, 0.717) is 23.3 Å². The maximum absolute atomic E-state index is 12.5. The minimum atomic E-state index is -0.688. The molecular weight excluding hydrogens is 406 g/mol. The molecule has 0 spiro atoms. The first-order chi connectivity index (χ1) is 15.2. The van der Waals surface area contributed by atoms with Gasteiger partial charge < -0.3 is 26.0 Å². The maximum Gasteiger partial charge on any atom is 0.259 e. The van der Waals surface area contributed by atoms with Crippen LogP contribution in [-0.4, -0.2) is 39.7 Å². The molecular formula is C24H29N5O3. The summed E-state index contributed by atoms with van der Waals surface area (Å²) in [5.74, 6) is 1.11. The van der Waals surface area contributed by atoms with Crippen molar-refractivity contribution in [2.75, 3.05) is 23.3 Å². The van der Waals surface area contributed by atoms with E-state index in [-0.39, 0.29) is 11.5 Å². The van der Waals surface area contributed by atoms with E-state index in [2.05, 4.69) is 15.2 Å². The number of hydrogen-bond acceptors (Lipinski definition) is 6. The number of carbonyl (C=O) groups is 1. The smallest absolute Gasteiger partial charge is 0.259 e. The van der Waals surface area contributed by atoms with Crippen molar-refractivity contribution < 1.29 is 9.90 Å². The molecule has 32 heavy (non-hydrogen) atoms. The number of carbonyl (C=O) groups excluding carboxylic acids is 1. The fraction of sp³-hybridized carbons (Fsp3) is 0.375. The van der Waals surface area contributed by atoms with E-state index in [9.17, 15) is 14.7 Å². The van der Waals surface area contributed by atoms with Gasteiger partial charge in [0.15, 0.2) is 0 Å². The van der Waals surface area contributed by atoms with Crippen molar-refractivity contribution in [3.8, 4) is 0 Å². The van der Waals surface area contributed by atoms with E-state index in [0.717, 1.165) is 42.7 Å². The molecule has 3 aromatic rings. The molecule has 1 aliphatic rings. The number of anilines is 2. The summed E-state index contributed by atoms with van der Waals surface area (Å²) >= 11 is 0. The highest BCUT2D eigenvalue weighted by atomic mass is 16.3. The van der Waals surface area contributed by atoms with Crippen molar-refractivity contribution in [3.63, 3.8) is 0 Å². The quantitative estimate of drug-likeness (QED) is 0.472. The number of fused-ring (bicyclic) bond motifs is 1. The Morgan fingerprint density at radius 2 is 1.94 bits per heavy atom. The topological polar surface area (TPSA) is 124 Å². The number of nitrogens with one attached hydrogen (secondary N) is 2. The van der Waals surface area contributed by atoms with Gasteiger partial charge in [-0.1, -0.05) is 12.1 Å². The number of rotatable bonds is 6. The van der Waals surface area contributed by atoms with Gasteiger partial charge in [-0.3, -0.25) is 9.59 Å². The van der Waals surface area contributed by atoms with Crippen LogP contribution >= 0.6 is 0 Å². The SMILES string of the molecule is CC(C)(O)C1CCN(c2cc3cc[nH]c(=O)c3c(NCc3ccc(C(N)=O)cc3)n2)CC1. The van der Waals surface area contributed by atoms with Crippen LogP contribution in [0.15, 0.2) is 47.4 Å². The largest absolute Gasteiger partial charge is 0.390 e. The van der Waals surface area contributed by atoms with E-state index in [1.807, 2.05) is 38.1 Å². The molecule has 168 valence electrons. The monoisotopic (exact) mass is 435 g/mol. The second-order valence-electron chi connectivity index (χ2n) is 8.93. The Kier molecular flexibility index (Phi) is 5.88. The standard InChI is InChI=1S/C24H29N5O3/c1-24(2,32)18-8-11-29(12-9-18)19-13-17-7-10-26-23(31)20(17)22(28-19)27-14-15-3-5-16(6-4-15)21(25)30/h3-7,10,13,18,32H,8-9,11-12,14H2,1-2H3,(H2,25,30)(H,26,31)(H,27,28). The fourth-order valence-corrected chi connectivity index (χ4v) is 4.28. The second-order valence-corrected chi connectivity index (χ2v) is 8.93. The van der Waals surface area contributed by atoms with Gasteiger partial charge in [0, 0.05) is 31.4 Å². The summed E-state index contributed by atoms with van der Waals surface area (Å²) in [6.45, 7) is 5.77. The second kappa shape index (κ2) is 8.63. The molecule has 1 aliphatic heterocycles. The Balaban J connectivity index is 1.60. The summed E-state index contributed by atoms with van der Waals surface area (Å²) in [6, 6.07) is 10.8. The first kappa shape index (κ1) is 21.8. The summed E-state index contributed by atoms with van der Waals surface area (Å²) in [5.41, 5.74) is 5.81. The van der Waals surface area contributed by atoms with E-state index < -0.39 is 11.5 Å². The molecule has 1 saturated heterocycles. The molecule has 0 radical (unpaired) electrons. The third kappa shape index (κ3) is 4.60. The number of amides is 1. The lowest BCUT2D eigenvalue weighted by molar-refractivity contribution is 0.00646. The van der Waals surface area contributed by atoms with Crippen LogP contribution in [0.3, 0.4) is 0 Å². The van der Waals surface area contributed by atoms with Crippen LogP contribution in [0.1, 0.15) is 42.6 Å². The molecule has 1 amide bonds. The molecule has 4 rings (SSSR count). The fourth-order valence-electron chi connectivity index (χ4n) is 4.28. The van der Waals surface area contributed by atoms with Crippen LogP contribution < -0.4 is 21.5 Å². The number of hydrogen-bond donors (Lipinski definition) is 4. The Labute approximate surface area is 186 Å². The van der Waals surface area contributed by atoms with Gasteiger partial charge in [0.2, 0.25) is 5.91 Å². The van der Waals surface area contributed by atoms with Gasteiger partial charge in [-0.25, -0.2) is 4.98 Å². The summed E-state index contributed by atoms with van der Waals surface area (Å²) in [6.07, 6.45) is 3.41. The molecule has 0 unspecified atom stereocenters. The summed E-state index contributed by atoms with van der Waals surface area (Å²) in [5, 5.41) is 15.0. The Morgan fingerprint density at radius 1 is 1.25 bits per heavy atom. The lowest BCUT2D eigenvalue weighted by Gasteiger charge is -2.38. The molecule has 0 aliphatic carbocycles. The molecule has 8 heteroatoms. The number of aliphatic hydroxyl groups is 1. The third-order valence-corrected chi connectivity index (χ3v) is 6.26. The zero-order chi connectivity index (χ0) is 22.9. The number of H-pyrrole nitrogens is 1. The zero-order valence-electron chi connectivity index (χ0n) is 18.4. The van der Waals surface area contributed by atoms with E-state index >= 15 is 0 Å². The number of pyridine rings is 2. The predicted molar refractivity (Wildman–Crippen MR) is 126 cm³/mol. The highest BCUT2D eigenvalue weighted by Gasteiger charge is 2.31. The maximum atomic E-state index is 12.5. The molecule has 0 bridgehead atoms.